The molecule has 0 amide bonds. The number of fused-ring (bicyclic) bond motifs is 1. The molecule has 1 saturated heterocycles. The first-order chi connectivity index (χ1) is 14.2. The SMILES string of the molecule is CCn1c(C2CCN(Cc3cccc4ccccc34)CC2)nn(CCOC)c1=O. The smallest absolute Gasteiger partial charge is 0.345 e. The van der Waals surface area contributed by atoms with Gasteiger partial charge in [0.15, 0.2) is 0 Å². The van der Waals surface area contributed by atoms with E-state index >= 15 is 0 Å². The molecule has 0 radical (unpaired) electrons. The normalized spacial score (nSPS) is 15.9. The fraction of sp³-hybridized carbons (Fsp3) is 0.478. The van der Waals surface area contributed by atoms with Crippen LogP contribution in [0.5, 0.6) is 0 Å². The Bertz CT molecular complexity index is 1010. The molecule has 0 atom stereocenters. The van der Waals surface area contributed by atoms with Crippen molar-refractivity contribution in [2.75, 3.05) is 26.8 Å². The zero-order chi connectivity index (χ0) is 20.2. The molecule has 3 aromatic rings. The molecule has 154 valence electrons. The topological polar surface area (TPSA) is 52.3 Å². The minimum atomic E-state index is -0.0160. The van der Waals surface area contributed by atoms with Crippen molar-refractivity contribution in [3.63, 3.8) is 0 Å². The van der Waals surface area contributed by atoms with Crippen LogP contribution in [0.4, 0.5) is 0 Å². The summed E-state index contributed by atoms with van der Waals surface area (Å²) in [6, 6.07) is 15.2. The number of methoxy groups -OCH3 is 1. The second-order valence-corrected chi connectivity index (χ2v) is 7.79. The summed E-state index contributed by atoms with van der Waals surface area (Å²) in [6.07, 6.45) is 2.07. The van der Waals surface area contributed by atoms with Gasteiger partial charge in [-0.3, -0.25) is 9.47 Å². The van der Waals surface area contributed by atoms with E-state index < -0.39 is 0 Å². The van der Waals surface area contributed by atoms with E-state index in [0.29, 0.717) is 25.6 Å². The van der Waals surface area contributed by atoms with Crippen molar-refractivity contribution in [3.05, 3.63) is 64.3 Å². The predicted molar refractivity (Wildman–Crippen MR) is 115 cm³/mol. The van der Waals surface area contributed by atoms with Gasteiger partial charge in [-0.25, -0.2) is 9.48 Å². The summed E-state index contributed by atoms with van der Waals surface area (Å²) in [6.45, 7) is 6.71. The van der Waals surface area contributed by atoms with E-state index in [1.54, 1.807) is 11.8 Å². The number of benzene rings is 2. The molecule has 0 saturated carbocycles. The van der Waals surface area contributed by atoms with E-state index in [9.17, 15) is 4.79 Å². The van der Waals surface area contributed by atoms with Crippen molar-refractivity contribution in [1.82, 2.24) is 19.2 Å². The molecule has 1 fully saturated rings. The number of likely N-dealkylation sites (tertiary alicyclic amines) is 1. The van der Waals surface area contributed by atoms with Crippen molar-refractivity contribution in [2.45, 2.75) is 45.3 Å². The maximum atomic E-state index is 12.6. The van der Waals surface area contributed by atoms with E-state index in [0.717, 1.165) is 38.3 Å². The fourth-order valence-electron chi connectivity index (χ4n) is 4.40. The van der Waals surface area contributed by atoms with Gasteiger partial charge in [0.2, 0.25) is 0 Å². The Morgan fingerprint density at radius 3 is 2.62 bits per heavy atom. The first kappa shape index (κ1) is 19.9. The minimum absolute atomic E-state index is 0.0160. The standard InChI is InChI=1S/C23H30N4O2/c1-3-26-22(24-27(23(26)28)15-16-29-2)19-11-13-25(14-12-19)17-20-9-6-8-18-7-4-5-10-21(18)20/h4-10,19H,3,11-17H2,1-2H3. The summed E-state index contributed by atoms with van der Waals surface area (Å²) in [7, 11) is 1.65. The summed E-state index contributed by atoms with van der Waals surface area (Å²) in [5.41, 5.74) is 1.37. The van der Waals surface area contributed by atoms with Crippen molar-refractivity contribution < 1.29 is 4.74 Å². The average Bonchev–Trinajstić information content (AvgIpc) is 3.08. The number of rotatable bonds is 7. The summed E-state index contributed by atoms with van der Waals surface area (Å²) < 4.78 is 8.51. The maximum absolute atomic E-state index is 12.6. The molecule has 0 unspecified atom stereocenters. The molecule has 2 aromatic carbocycles. The summed E-state index contributed by atoms with van der Waals surface area (Å²) in [5, 5.41) is 7.30. The molecule has 0 spiro atoms. The lowest BCUT2D eigenvalue weighted by Crippen LogP contribution is -2.34. The van der Waals surface area contributed by atoms with Crippen LogP contribution in [-0.2, 0) is 24.4 Å². The molecular weight excluding hydrogens is 364 g/mol. The van der Waals surface area contributed by atoms with Gasteiger partial charge in [-0.2, -0.15) is 5.10 Å². The molecule has 0 N–H and O–H groups in total. The Balaban J connectivity index is 1.45. The van der Waals surface area contributed by atoms with E-state index in [4.69, 9.17) is 4.74 Å². The highest BCUT2D eigenvalue weighted by molar-refractivity contribution is 5.85. The van der Waals surface area contributed by atoms with Crippen LogP contribution >= 0.6 is 0 Å². The number of aromatic nitrogens is 3. The number of nitrogens with zero attached hydrogens (tertiary/aromatic N) is 4. The molecule has 0 bridgehead atoms. The molecule has 1 aliphatic rings. The van der Waals surface area contributed by atoms with Crippen LogP contribution in [0.1, 0.15) is 37.1 Å². The average molecular weight is 395 g/mol. The van der Waals surface area contributed by atoms with Gasteiger partial charge >= 0.3 is 5.69 Å². The lowest BCUT2D eigenvalue weighted by Gasteiger charge is -2.31. The lowest BCUT2D eigenvalue weighted by atomic mass is 9.95. The number of hydrogen-bond acceptors (Lipinski definition) is 4. The molecular formula is C23H30N4O2. The van der Waals surface area contributed by atoms with Crippen LogP contribution in [0.2, 0.25) is 0 Å². The molecule has 4 rings (SSSR count). The summed E-state index contributed by atoms with van der Waals surface area (Å²) >= 11 is 0. The van der Waals surface area contributed by atoms with Gasteiger partial charge in [0, 0.05) is 26.1 Å². The van der Waals surface area contributed by atoms with E-state index in [-0.39, 0.29) is 5.69 Å². The predicted octanol–water partition coefficient (Wildman–Crippen LogP) is 3.24. The summed E-state index contributed by atoms with van der Waals surface area (Å²) in [4.78, 5) is 15.1. The summed E-state index contributed by atoms with van der Waals surface area (Å²) in [5.74, 6) is 1.29. The monoisotopic (exact) mass is 394 g/mol. The van der Waals surface area contributed by atoms with E-state index in [1.165, 1.54) is 16.3 Å². The highest BCUT2D eigenvalue weighted by Gasteiger charge is 2.26. The van der Waals surface area contributed by atoms with Crippen LogP contribution in [0.25, 0.3) is 10.8 Å². The minimum Gasteiger partial charge on any atom is -0.383 e. The van der Waals surface area contributed by atoms with Crippen LogP contribution in [0.3, 0.4) is 0 Å². The van der Waals surface area contributed by atoms with Crippen molar-refractivity contribution in [1.29, 1.82) is 0 Å². The van der Waals surface area contributed by atoms with Gasteiger partial charge in [-0.1, -0.05) is 42.5 Å². The van der Waals surface area contributed by atoms with Crippen LogP contribution in [0.15, 0.2) is 47.3 Å². The molecule has 0 aliphatic carbocycles. The number of ether oxygens (including phenoxy) is 1. The zero-order valence-corrected chi connectivity index (χ0v) is 17.4. The third-order valence-corrected chi connectivity index (χ3v) is 6.00. The van der Waals surface area contributed by atoms with Crippen LogP contribution in [-0.4, -0.2) is 46.1 Å². The molecule has 2 heterocycles. The zero-order valence-electron chi connectivity index (χ0n) is 17.4. The maximum Gasteiger partial charge on any atom is 0.345 e. The highest BCUT2D eigenvalue weighted by atomic mass is 16.5. The second kappa shape index (κ2) is 8.93. The van der Waals surface area contributed by atoms with Crippen LogP contribution < -0.4 is 5.69 Å². The quantitative estimate of drug-likeness (QED) is 0.617. The third-order valence-electron chi connectivity index (χ3n) is 6.00. The molecule has 6 heteroatoms. The van der Waals surface area contributed by atoms with Gasteiger partial charge in [-0.15, -0.1) is 0 Å². The van der Waals surface area contributed by atoms with E-state index in [1.807, 2.05) is 11.5 Å². The Kier molecular flexibility index (Phi) is 6.11. The van der Waals surface area contributed by atoms with Gasteiger partial charge < -0.3 is 4.74 Å². The third kappa shape index (κ3) is 4.14. The highest BCUT2D eigenvalue weighted by Crippen LogP contribution is 2.28. The number of hydrogen-bond donors (Lipinski definition) is 0. The Morgan fingerprint density at radius 2 is 1.86 bits per heavy atom. The van der Waals surface area contributed by atoms with Crippen LogP contribution in [0, 0.1) is 0 Å². The van der Waals surface area contributed by atoms with Crippen molar-refractivity contribution >= 4 is 10.8 Å². The van der Waals surface area contributed by atoms with Gasteiger partial charge in [0.1, 0.15) is 5.82 Å². The first-order valence-electron chi connectivity index (χ1n) is 10.6. The molecule has 1 aliphatic heterocycles. The number of piperidine rings is 1. The Labute approximate surface area is 171 Å². The van der Waals surface area contributed by atoms with Gasteiger partial charge in [0.25, 0.3) is 0 Å². The molecule has 1 aromatic heterocycles. The van der Waals surface area contributed by atoms with Crippen molar-refractivity contribution in [2.24, 2.45) is 0 Å². The molecule has 29 heavy (non-hydrogen) atoms. The van der Waals surface area contributed by atoms with E-state index in [2.05, 4.69) is 52.5 Å². The van der Waals surface area contributed by atoms with Crippen molar-refractivity contribution in [3.8, 4) is 0 Å². The second-order valence-electron chi connectivity index (χ2n) is 7.79. The fourth-order valence-corrected chi connectivity index (χ4v) is 4.40. The van der Waals surface area contributed by atoms with Gasteiger partial charge in [-0.05, 0) is 49.2 Å². The first-order valence-corrected chi connectivity index (χ1v) is 10.6. The Morgan fingerprint density at radius 1 is 1.10 bits per heavy atom. The Hall–Kier alpha value is -2.44. The molecule has 6 nitrogen and oxygen atoms in total. The van der Waals surface area contributed by atoms with Gasteiger partial charge in [0.05, 0.1) is 13.2 Å². The largest absolute Gasteiger partial charge is 0.383 e. The lowest BCUT2D eigenvalue weighted by molar-refractivity contribution is 0.181.